The second-order valence-electron chi connectivity index (χ2n) is 9.22. The van der Waals surface area contributed by atoms with E-state index in [2.05, 4.69) is 19.2 Å². The van der Waals surface area contributed by atoms with Crippen LogP contribution in [0, 0.1) is 0 Å². The van der Waals surface area contributed by atoms with Gasteiger partial charge in [0.05, 0.1) is 31.2 Å². The van der Waals surface area contributed by atoms with E-state index in [1.807, 2.05) is 4.98 Å². The van der Waals surface area contributed by atoms with Crippen molar-refractivity contribution in [2.75, 3.05) is 18.9 Å². The molecule has 0 spiro atoms. The number of H-pyrrole nitrogens is 1. The average molecular weight is 700 g/mol. The second kappa shape index (κ2) is 14.2. The highest BCUT2D eigenvalue weighted by atomic mass is 32.7. The minimum Gasteiger partial charge on any atom is -0.456 e. The monoisotopic (exact) mass is 700 g/mol. The first-order valence-corrected chi connectivity index (χ1v) is 16.4. The number of rotatable bonds is 14. The summed E-state index contributed by atoms with van der Waals surface area (Å²) >= 11 is 0.746. The van der Waals surface area contributed by atoms with Gasteiger partial charge < -0.3 is 29.4 Å². The van der Waals surface area contributed by atoms with Gasteiger partial charge in [-0.15, -0.1) is 0 Å². The van der Waals surface area contributed by atoms with Crippen LogP contribution in [0.1, 0.15) is 12.5 Å². The first-order chi connectivity index (χ1) is 21.5. The van der Waals surface area contributed by atoms with Gasteiger partial charge in [0.15, 0.2) is 42.4 Å². The molecule has 0 amide bonds. The number of carbonyl (C=O) groups is 1. The molecule has 5 rings (SSSR count). The number of aromatic nitrogens is 6. The Morgan fingerprint density at radius 1 is 1.13 bits per heavy atom. The highest BCUT2D eigenvalue weighted by Gasteiger charge is 2.52. The van der Waals surface area contributed by atoms with Crippen molar-refractivity contribution in [3.8, 4) is 0 Å². The molecule has 246 valence electrons. The molecule has 0 radical (unpaired) electrons. The zero-order valence-corrected chi connectivity index (χ0v) is 25.1. The summed E-state index contributed by atoms with van der Waals surface area (Å²) in [4.78, 5) is 59.1. The molecule has 2 unspecified atom stereocenters. The van der Waals surface area contributed by atoms with Gasteiger partial charge in [-0.3, -0.25) is 32.8 Å². The molecule has 2 saturated heterocycles. The summed E-state index contributed by atoms with van der Waals surface area (Å²) in [6.45, 7) is -1.43. The summed E-state index contributed by atoms with van der Waals surface area (Å²) in [7, 11) is -5.60. The summed E-state index contributed by atoms with van der Waals surface area (Å²) < 4.78 is 81.7. The van der Waals surface area contributed by atoms with E-state index in [0.29, 0.717) is 0 Å². The Kier molecular flexibility index (Phi) is 10.6. The van der Waals surface area contributed by atoms with Gasteiger partial charge in [-0.2, -0.15) is 0 Å². The number of aromatic amines is 1. The van der Waals surface area contributed by atoms with Gasteiger partial charge in [0.1, 0.15) is 38.2 Å². The van der Waals surface area contributed by atoms with Crippen molar-refractivity contribution in [2.45, 2.75) is 49.2 Å². The Bertz CT molecular complexity index is 1670. The van der Waals surface area contributed by atoms with E-state index in [-0.39, 0.29) is 38.1 Å². The zero-order chi connectivity index (χ0) is 32.3. The fourth-order valence-corrected chi connectivity index (χ4v) is 6.33. The summed E-state index contributed by atoms with van der Waals surface area (Å²) in [6.07, 6.45) is -10.6. The Balaban J connectivity index is 1.33. The molecule has 3 aromatic rings. The maximum Gasteiger partial charge on any atom is 0.472 e. The van der Waals surface area contributed by atoms with Gasteiger partial charge in [0.2, 0.25) is 0 Å². The Morgan fingerprint density at radius 2 is 1.84 bits per heavy atom. The van der Waals surface area contributed by atoms with Crippen LogP contribution in [0.5, 0.6) is 0 Å². The molecule has 2 fully saturated rings. The molecule has 25 heteroatoms. The molecule has 0 aromatic carbocycles. The maximum atomic E-state index is 15.7. The van der Waals surface area contributed by atoms with Crippen molar-refractivity contribution in [3.05, 3.63) is 45.8 Å². The van der Waals surface area contributed by atoms with Crippen LogP contribution < -0.4 is 22.9 Å². The van der Waals surface area contributed by atoms with E-state index >= 15 is 8.78 Å². The lowest BCUT2D eigenvalue weighted by Gasteiger charge is -2.24. The smallest absolute Gasteiger partial charge is 0.456 e. The molecular formula is C20H24F2N8O12P2S. The largest absolute Gasteiger partial charge is 0.472 e. The second-order valence-corrected chi connectivity index (χ2v) is 12.4. The summed E-state index contributed by atoms with van der Waals surface area (Å²) in [5.41, 5.74) is 4.28. The lowest BCUT2D eigenvalue weighted by Crippen LogP contribution is -2.37. The van der Waals surface area contributed by atoms with Crippen molar-refractivity contribution >= 4 is 50.9 Å². The van der Waals surface area contributed by atoms with E-state index in [4.69, 9.17) is 39.4 Å². The lowest BCUT2D eigenvalue weighted by atomic mass is 10.1. The first-order valence-electron chi connectivity index (χ1n) is 12.5. The van der Waals surface area contributed by atoms with Crippen molar-refractivity contribution in [3.63, 3.8) is 0 Å². The normalized spacial score (nSPS) is 29.9. The molecule has 0 saturated carbocycles. The number of nitrogens with zero attached hydrogens (tertiary/aromatic N) is 5. The van der Waals surface area contributed by atoms with Gasteiger partial charge in [-0.05, 0) is 0 Å². The van der Waals surface area contributed by atoms with Gasteiger partial charge in [-0.25, -0.2) is 43.3 Å². The van der Waals surface area contributed by atoms with E-state index in [9.17, 15) is 23.8 Å². The number of phosphoric ester groups is 1. The van der Waals surface area contributed by atoms with Crippen LogP contribution in [0.4, 0.5) is 14.6 Å². The molecule has 10 atom stereocenters. The molecule has 20 nitrogen and oxygen atoms in total. The zero-order valence-electron chi connectivity index (χ0n) is 22.4. The molecule has 0 bridgehead atoms. The molecule has 5 heterocycles. The van der Waals surface area contributed by atoms with Crippen molar-refractivity contribution in [1.29, 1.82) is 0 Å². The summed E-state index contributed by atoms with van der Waals surface area (Å²) in [6, 6.07) is 0.941. The summed E-state index contributed by atoms with van der Waals surface area (Å²) in [5.74, 6) is 4.92. The average Bonchev–Trinajstić information content (AvgIpc) is 3.65. The number of imidazole rings is 1. The number of carbonyl (C=O) groups excluding carboxylic acids is 1. The van der Waals surface area contributed by atoms with Crippen LogP contribution in [-0.2, 0) is 41.4 Å². The third kappa shape index (κ3) is 7.23. The van der Waals surface area contributed by atoms with E-state index in [1.165, 1.54) is 10.9 Å². The van der Waals surface area contributed by atoms with E-state index in [1.54, 1.807) is 0 Å². The number of hydrogen-bond donors (Lipinski definition) is 4. The highest BCUT2D eigenvalue weighted by molar-refractivity contribution is 8.45. The molecule has 0 aliphatic carbocycles. The molecule has 2 aliphatic rings. The molecule has 45 heavy (non-hydrogen) atoms. The number of alkyl halides is 2. The molecule has 6 N–H and O–H groups in total. The number of nitrogens with two attached hydrogens (primary N) is 2. The standard InChI is InChI=1S/C20H24F2N8O12P2S/c21-11-9(40-18(14(11)36-7-31)29-2-1-10(32)28-20(29)33)4-38-44(34,35)41-15-12(22)8(3-37-43-45-42-24)39-19(15)30-6-27-13-16(23)25-5-26-17(13)30/h1-2,5-9,11-12,14-15,18-19,43H,3-4,24H2,(H,34,35)(H2,23,25,26)(H,28,32,33)/t8-,9-,11-,12-,14-,15-,18-,19-/m1/s1. The fourth-order valence-electron chi connectivity index (χ4n) is 4.62. The Labute approximate surface area is 255 Å². The van der Waals surface area contributed by atoms with Crippen LogP contribution >= 0.6 is 27.5 Å². The number of ether oxygens (including phenoxy) is 3. The van der Waals surface area contributed by atoms with Crippen molar-refractivity contribution in [2.24, 2.45) is 5.90 Å². The highest BCUT2D eigenvalue weighted by Crippen LogP contribution is 2.51. The minimum atomic E-state index is -5.24. The van der Waals surface area contributed by atoms with Gasteiger partial charge >= 0.3 is 13.5 Å². The topological polar surface area (TPSA) is 269 Å². The SMILES string of the molecule is NOSPOC[C@H]1O[C@@H](n2cnc3c(N)ncnc32)[C@H](OP(=O)(O)OC[C@H]2O[C@@H](n3ccc(=O)[nH]c3=O)[C@H](OC=O)[C@@H]2F)[C@@H]1F. The Morgan fingerprint density at radius 3 is 2.56 bits per heavy atom. The van der Waals surface area contributed by atoms with Crippen LogP contribution in [0.2, 0.25) is 0 Å². The number of halogens is 2. The quantitative estimate of drug-likeness (QED) is 0.0544. The van der Waals surface area contributed by atoms with Gasteiger partial charge in [-0.1, -0.05) is 0 Å². The van der Waals surface area contributed by atoms with Crippen LogP contribution in [0.25, 0.3) is 11.2 Å². The van der Waals surface area contributed by atoms with Crippen molar-refractivity contribution in [1.82, 2.24) is 29.1 Å². The Hall–Kier alpha value is -2.95. The molecule has 2 aliphatic heterocycles. The van der Waals surface area contributed by atoms with E-state index in [0.717, 1.165) is 34.8 Å². The van der Waals surface area contributed by atoms with Crippen molar-refractivity contribution < 1.29 is 55.1 Å². The fraction of sp³-hybridized carbons (Fsp3) is 0.500. The molecule has 3 aromatic heterocycles. The number of fused-ring (bicyclic) bond motifs is 1. The summed E-state index contributed by atoms with van der Waals surface area (Å²) in [5, 5.41) is 0. The minimum absolute atomic E-state index is 0.00120. The first kappa shape index (κ1) is 33.4. The van der Waals surface area contributed by atoms with Crippen LogP contribution in [-0.4, -0.2) is 90.4 Å². The van der Waals surface area contributed by atoms with Crippen LogP contribution in [0.15, 0.2) is 34.5 Å². The maximum absolute atomic E-state index is 15.7. The number of anilines is 1. The predicted molar refractivity (Wildman–Crippen MR) is 147 cm³/mol. The predicted octanol–water partition coefficient (Wildman–Crippen LogP) is -0.463. The third-order valence-electron chi connectivity index (χ3n) is 6.57. The third-order valence-corrected chi connectivity index (χ3v) is 8.85. The van der Waals surface area contributed by atoms with Gasteiger partial charge in [0, 0.05) is 12.3 Å². The lowest BCUT2D eigenvalue weighted by molar-refractivity contribution is -0.141. The number of nitrogens with one attached hydrogen (secondary N) is 1. The van der Waals surface area contributed by atoms with E-state index < -0.39 is 74.9 Å². The molecular weight excluding hydrogens is 676 g/mol. The van der Waals surface area contributed by atoms with Gasteiger partial charge in [0.25, 0.3) is 12.0 Å². The van der Waals surface area contributed by atoms with Crippen LogP contribution in [0.3, 0.4) is 0 Å². The number of phosphoric acid groups is 1. The number of nitrogen functional groups attached to an aromatic ring is 1. The number of hydrogen-bond acceptors (Lipinski definition) is 17.